The van der Waals surface area contributed by atoms with Crippen molar-refractivity contribution < 1.29 is 15.0 Å². The van der Waals surface area contributed by atoms with Crippen LogP contribution in [0.2, 0.25) is 0 Å². The molecule has 92 valence electrons. The first-order valence-electron chi connectivity index (χ1n) is 5.91. The molecule has 0 atom stereocenters. The Kier molecular flexibility index (Phi) is 2.60. The molecule has 0 saturated heterocycles. The number of aliphatic hydroxyl groups excluding tert-OH is 1. The van der Waals surface area contributed by atoms with E-state index < -0.39 is 0 Å². The second-order valence-corrected chi connectivity index (χ2v) is 4.26. The zero-order chi connectivity index (χ0) is 12.5. The van der Waals surface area contributed by atoms with Gasteiger partial charge in [-0.25, -0.2) is 4.98 Å². The van der Waals surface area contributed by atoms with E-state index in [1.54, 1.807) is 6.20 Å². The minimum absolute atomic E-state index is 0.151. The molecule has 18 heavy (non-hydrogen) atoms. The molecule has 0 aliphatic carbocycles. The molecule has 0 bridgehead atoms. The van der Waals surface area contributed by atoms with Crippen LogP contribution in [-0.4, -0.2) is 26.9 Å². The zero-order valence-corrected chi connectivity index (χ0v) is 9.80. The fraction of sp³-hybridized carbons (Fsp3) is 0.231. The van der Waals surface area contributed by atoms with Gasteiger partial charge in [-0.1, -0.05) is 12.1 Å². The number of benzene rings is 1. The molecule has 0 radical (unpaired) electrons. The second kappa shape index (κ2) is 4.27. The van der Waals surface area contributed by atoms with Crippen molar-refractivity contribution in [2.75, 3.05) is 6.61 Å². The van der Waals surface area contributed by atoms with Gasteiger partial charge in [0.05, 0.1) is 10.9 Å². The predicted octanol–water partition coefficient (Wildman–Crippen LogP) is 1.17. The fourth-order valence-corrected chi connectivity index (χ4v) is 2.17. The molecule has 5 nitrogen and oxygen atoms in total. The number of pyridine rings is 1. The van der Waals surface area contributed by atoms with E-state index >= 15 is 0 Å². The SMILES string of the molecule is OCCCc1nc2c[n+](O)c3ccccc3c2[nH]1. The number of H-pyrrole nitrogens is 1. The summed E-state index contributed by atoms with van der Waals surface area (Å²) < 4.78 is 1.09. The molecule has 2 heterocycles. The number of aliphatic hydroxyl groups is 1. The fourth-order valence-electron chi connectivity index (χ4n) is 2.17. The van der Waals surface area contributed by atoms with Gasteiger partial charge in [0, 0.05) is 23.8 Å². The lowest BCUT2D eigenvalue weighted by Crippen LogP contribution is -2.30. The number of aromatic nitrogens is 3. The molecular formula is C13H14N3O2+. The van der Waals surface area contributed by atoms with Crippen molar-refractivity contribution in [3.05, 3.63) is 36.3 Å². The molecule has 0 unspecified atom stereocenters. The molecule has 0 saturated carbocycles. The monoisotopic (exact) mass is 244 g/mol. The largest absolute Gasteiger partial charge is 0.396 e. The van der Waals surface area contributed by atoms with Gasteiger partial charge in [0.15, 0.2) is 5.52 Å². The number of hydrogen-bond donors (Lipinski definition) is 3. The third-order valence-corrected chi connectivity index (χ3v) is 3.02. The molecule has 0 amide bonds. The van der Waals surface area contributed by atoms with Crippen molar-refractivity contribution in [2.45, 2.75) is 12.8 Å². The van der Waals surface area contributed by atoms with Gasteiger partial charge in [0.2, 0.25) is 0 Å². The summed E-state index contributed by atoms with van der Waals surface area (Å²) in [6.45, 7) is 0.151. The molecule has 3 rings (SSSR count). The van der Waals surface area contributed by atoms with Gasteiger partial charge >= 0.3 is 0 Å². The zero-order valence-electron chi connectivity index (χ0n) is 9.80. The van der Waals surface area contributed by atoms with Crippen molar-refractivity contribution >= 4 is 21.9 Å². The standard InChI is InChI=1S/C13H13N3O2/c17-7-3-6-12-14-10-8-16(18)11-5-2-1-4-9(11)13(10)15-12/h1-2,4-5,8,17-18H,3,6-7H2/p+1. The quantitative estimate of drug-likeness (QED) is 0.478. The van der Waals surface area contributed by atoms with Crippen LogP contribution in [0.3, 0.4) is 0 Å². The molecular weight excluding hydrogens is 230 g/mol. The molecule has 5 heteroatoms. The van der Waals surface area contributed by atoms with Crippen LogP contribution >= 0.6 is 0 Å². The van der Waals surface area contributed by atoms with Gasteiger partial charge in [-0.2, -0.15) is 0 Å². The normalized spacial score (nSPS) is 11.4. The van der Waals surface area contributed by atoms with E-state index in [2.05, 4.69) is 9.97 Å². The lowest BCUT2D eigenvalue weighted by Gasteiger charge is -1.94. The summed E-state index contributed by atoms with van der Waals surface area (Å²) in [5.74, 6) is 0.829. The number of aryl methyl sites for hydroxylation is 1. The summed E-state index contributed by atoms with van der Waals surface area (Å²) in [5, 5.41) is 19.6. The summed E-state index contributed by atoms with van der Waals surface area (Å²) in [4.78, 5) is 7.67. The third-order valence-electron chi connectivity index (χ3n) is 3.02. The van der Waals surface area contributed by atoms with E-state index in [0.29, 0.717) is 12.8 Å². The summed E-state index contributed by atoms with van der Waals surface area (Å²) >= 11 is 0. The first-order chi connectivity index (χ1) is 8.79. The molecule has 1 aromatic carbocycles. The molecule has 3 N–H and O–H groups in total. The summed E-state index contributed by atoms with van der Waals surface area (Å²) in [7, 11) is 0. The maximum Gasteiger partial charge on any atom is 0.266 e. The topological polar surface area (TPSA) is 73.0 Å². The highest BCUT2D eigenvalue weighted by Gasteiger charge is 2.15. The maximum atomic E-state index is 9.88. The van der Waals surface area contributed by atoms with Crippen LogP contribution < -0.4 is 4.73 Å². The molecule has 0 aliphatic heterocycles. The highest BCUT2D eigenvalue weighted by atomic mass is 16.5. The van der Waals surface area contributed by atoms with Crippen molar-refractivity contribution in [1.29, 1.82) is 0 Å². The van der Waals surface area contributed by atoms with Gasteiger partial charge in [0.25, 0.3) is 11.7 Å². The Labute approximate surface area is 103 Å². The predicted molar refractivity (Wildman–Crippen MR) is 66.4 cm³/mol. The smallest absolute Gasteiger partial charge is 0.266 e. The molecule has 0 fully saturated rings. The van der Waals surface area contributed by atoms with Crippen molar-refractivity contribution in [1.82, 2.24) is 9.97 Å². The van der Waals surface area contributed by atoms with Gasteiger partial charge in [-0.05, 0) is 12.5 Å². The van der Waals surface area contributed by atoms with Gasteiger partial charge in [-0.3, -0.25) is 5.21 Å². The summed E-state index contributed by atoms with van der Waals surface area (Å²) in [6, 6.07) is 7.60. The van der Waals surface area contributed by atoms with Crippen molar-refractivity contribution in [3.8, 4) is 0 Å². The molecule has 0 spiro atoms. The number of hydrogen-bond acceptors (Lipinski definition) is 3. The highest BCUT2D eigenvalue weighted by Crippen LogP contribution is 2.20. The number of aromatic amines is 1. The van der Waals surface area contributed by atoms with Gasteiger partial charge in [0.1, 0.15) is 5.82 Å². The summed E-state index contributed by atoms with van der Waals surface area (Å²) in [5.41, 5.74) is 2.38. The van der Waals surface area contributed by atoms with E-state index in [1.807, 2.05) is 24.3 Å². The third kappa shape index (κ3) is 1.69. The maximum absolute atomic E-state index is 9.88. The molecule has 3 aromatic rings. The van der Waals surface area contributed by atoms with Crippen molar-refractivity contribution in [2.24, 2.45) is 0 Å². The second-order valence-electron chi connectivity index (χ2n) is 4.26. The lowest BCUT2D eigenvalue weighted by molar-refractivity contribution is -0.883. The molecule has 0 aliphatic rings. The minimum atomic E-state index is 0.151. The van der Waals surface area contributed by atoms with Crippen LogP contribution in [0.4, 0.5) is 0 Å². The highest BCUT2D eigenvalue weighted by molar-refractivity contribution is 5.99. The Morgan fingerprint density at radius 3 is 2.94 bits per heavy atom. The van der Waals surface area contributed by atoms with Crippen LogP contribution in [0.15, 0.2) is 30.5 Å². The first kappa shape index (κ1) is 11.0. The van der Waals surface area contributed by atoms with E-state index in [4.69, 9.17) is 5.11 Å². The Morgan fingerprint density at radius 2 is 2.11 bits per heavy atom. The first-order valence-corrected chi connectivity index (χ1v) is 5.91. The van der Waals surface area contributed by atoms with E-state index in [-0.39, 0.29) is 6.61 Å². The minimum Gasteiger partial charge on any atom is -0.396 e. The van der Waals surface area contributed by atoms with Crippen LogP contribution in [0.1, 0.15) is 12.2 Å². The molecule has 2 aromatic heterocycles. The van der Waals surface area contributed by atoms with Gasteiger partial charge < -0.3 is 10.1 Å². The number of nitrogens with zero attached hydrogens (tertiary/aromatic N) is 2. The number of nitrogens with one attached hydrogen (secondary N) is 1. The Hall–Kier alpha value is -2.14. The van der Waals surface area contributed by atoms with E-state index in [9.17, 15) is 5.21 Å². The van der Waals surface area contributed by atoms with Crippen LogP contribution in [0, 0.1) is 0 Å². The summed E-state index contributed by atoms with van der Waals surface area (Å²) in [6.07, 6.45) is 2.97. The number of fused-ring (bicyclic) bond motifs is 3. The average Bonchev–Trinajstić information content (AvgIpc) is 2.80. The van der Waals surface area contributed by atoms with E-state index in [1.165, 1.54) is 0 Å². The number of rotatable bonds is 3. The average molecular weight is 244 g/mol. The Morgan fingerprint density at radius 1 is 1.28 bits per heavy atom. The Bertz CT molecular complexity index is 706. The Balaban J connectivity index is 2.23. The lowest BCUT2D eigenvalue weighted by atomic mass is 10.2. The van der Waals surface area contributed by atoms with Crippen LogP contribution in [-0.2, 0) is 6.42 Å². The number of para-hydroxylation sites is 1. The van der Waals surface area contributed by atoms with Crippen LogP contribution in [0.25, 0.3) is 21.9 Å². The number of imidazole rings is 1. The van der Waals surface area contributed by atoms with E-state index in [0.717, 1.165) is 32.5 Å². The van der Waals surface area contributed by atoms with Gasteiger partial charge in [-0.15, -0.1) is 0 Å². The van der Waals surface area contributed by atoms with Crippen LogP contribution in [0.5, 0.6) is 0 Å². The van der Waals surface area contributed by atoms with Crippen molar-refractivity contribution in [3.63, 3.8) is 0 Å².